The average Bonchev–Trinajstić information content (AvgIpc) is 2.89. The van der Waals surface area contributed by atoms with Crippen LogP contribution in [0.25, 0.3) is 0 Å². The fourth-order valence-electron chi connectivity index (χ4n) is 2.67. The van der Waals surface area contributed by atoms with E-state index >= 15 is 0 Å². The third-order valence-corrected chi connectivity index (χ3v) is 4.85. The molecule has 0 aliphatic heterocycles. The number of aliphatic hydroxyl groups excluding tert-OH is 1. The van der Waals surface area contributed by atoms with Gasteiger partial charge in [-0.05, 0) is 25.2 Å². The first-order valence-corrected chi connectivity index (χ1v) is 9.11. The van der Waals surface area contributed by atoms with Crippen LogP contribution in [-0.2, 0) is 9.84 Å². The molecule has 0 bridgehead atoms. The number of hydrogen-bond donors (Lipinski definition) is 3. The Balaban J connectivity index is 2.44. The molecule has 120 valence electrons. The Kier molecular flexibility index (Phi) is 4.48. The number of hydrogen-bond acceptors (Lipinski definition) is 6. The summed E-state index contributed by atoms with van der Waals surface area (Å²) in [4.78, 5) is 0.0299. The molecular formula is C13H24N4O3S. The molecule has 1 heterocycles. The molecule has 0 spiro atoms. The summed E-state index contributed by atoms with van der Waals surface area (Å²) in [6.45, 7) is 4.65. The number of nitrogen functional groups attached to an aromatic ring is 1. The zero-order valence-corrected chi connectivity index (χ0v) is 13.5. The van der Waals surface area contributed by atoms with Gasteiger partial charge < -0.3 is 16.2 Å². The second-order valence-corrected chi connectivity index (χ2v) is 8.07. The third kappa shape index (κ3) is 3.32. The Bertz CT molecular complexity index is 609. The van der Waals surface area contributed by atoms with Crippen molar-refractivity contribution in [2.75, 3.05) is 23.9 Å². The molecule has 1 aliphatic carbocycles. The van der Waals surface area contributed by atoms with Gasteiger partial charge in [-0.25, -0.2) is 13.1 Å². The predicted molar refractivity (Wildman–Crippen MR) is 82.0 cm³/mol. The van der Waals surface area contributed by atoms with Crippen LogP contribution in [0.15, 0.2) is 4.90 Å². The number of nitrogens with one attached hydrogen (secondary N) is 1. The first-order chi connectivity index (χ1) is 9.71. The molecule has 1 aliphatic rings. The molecule has 2 rings (SSSR count). The summed E-state index contributed by atoms with van der Waals surface area (Å²) < 4.78 is 25.5. The van der Waals surface area contributed by atoms with Gasteiger partial charge in [-0.15, -0.1) is 0 Å². The van der Waals surface area contributed by atoms with Gasteiger partial charge in [0.15, 0.2) is 20.6 Å². The maximum absolute atomic E-state index is 12.0. The van der Waals surface area contributed by atoms with Crippen molar-refractivity contribution in [3.05, 3.63) is 0 Å². The molecule has 21 heavy (non-hydrogen) atoms. The normalized spacial score (nSPS) is 22.9. The smallest absolute Gasteiger partial charge is 0.182 e. The average molecular weight is 316 g/mol. The fourth-order valence-corrected chi connectivity index (χ4v) is 3.61. The highest BCUT2D eigenvalue weighted by atomic mass is 32.2. The van der Waals surface area contributed by atoms with Crippen LogP contribution >= 0.6 is 0 Å². The van der Waals surface area contributed by atoms with Crippen molar-refractivity contribution in [2.24, 2.45) is 5.92 Å². The molecule has 8 heteroatoms. The lowest BCUT2D eigenvalue weighted by Crippen LogP contribution is -2.21. The second kappa shape index (κ2) is 5.84. The van der Waals surface area contributed by atoms with Crippen molar-refractivity contribution >= 4 is 21.5 Å². The Morgan fingerprint density at radius 1 is 1.48 bits per heavy atom. The lowest BCUT2D eigenvalue weighted by Gasteiger charge is -2.16. The molecule has 1 aromatic heterocycles. The van der Waals surface area contributed by atoms with E-state index in [1.54, 1.807) is 0 Å². The number of nitrogens with zero attached hydrogens (tertiary/aromatic N) is 2. The van der Waals surface area contributed by atoms with Gasteiger partial charge in [0.2, 0.25) is 0 Å². The van der Waals surface area contributed by atoms with Gasteiger partial charge in [-0.3, -0.25) is 0 Å². The molecule has 0 amide bonds. The number of nitrogens with two attached hydrogens (primary N) is 1. The monoisotopic (exact) mass is 316 g/mol. The van der Waals surface area contributed by atoms with Gasteiger partial charge in [-0.2, -0.15) is 5.10 Å². The lowest BCUT2D eigenvalue weighted by atomic mass is 10.2. The van der Waals surface area contributed by atoms with Crippen molar-refractivity contribution < 1.29 is 13.5 Å². The summed E-state index contributed by atoms with van der Waals surface area (Å²) in [7, 11) is -3.49. The third-order valence-electron chi connectivity index (χ3n) is 3.71. The predicted octanol–water partition coefficient (Wildman–Crippen LogP) is 1.02. The quantitative estimate of drug-likeness (QED) is 0.748. The van der Waals surface area contributed by atoms with Crippen LogP contribution in [0.5, 0.6) is 0 Å². The van der Waals surface area contributed by atoms with E-state index in [2.05, 4.69) is 10.4 Å². The molecule has 7 nitrogen and oxygen atoms in total. The Hall–Kier alpha value is -1.28. The van der Waals surface area contributed by atoms with Crippen molar-refractivity contribution in [3.8, 4) is 0 Å². The van der Waals surface area contributed by atoms with Gasteiger partial charge in [0.05, 0.1) is 12.1 Å². The van der Waals surface area contributed by atoms with Gasteiger partial charge in [0, 0.05) is 12.8 Å². The van der Waals surface area contributed by atoms with E-state index in [0.717, 1.165) is 19.1 Å². The van der Waals surface area contributed by atoms with Crippen LogP contribution in [0.1, 0.15) is 39.2 Å². The minimum Gasteiger partial charge on any atom is -0.391 e. The van der Waals surface area contributed by atoms with E-state index in [1.165, 1.54) is 4.68 Å². The molecule has 1 aromatic rings. The second-order valence-electron chi connectivity index (χ2n) is 6.12. The fraction of sp³-hybridized carbons (Fsp3) is 0.769. The minimum absolute atomic E-state index is 0.0299. The molecule has 4 N–H and O–H groups in total. The van der Waals surface area contributed by atoms with E-state index in [0.29, 0.717) is 18.9 Å². The first-order valence-electron chi connectivity index (χ1n) is 7.21. The number of sulfone groups is 1. The van der Waals surface area contributed by atoms with E-state index in [4.69, 9.17) is 5.73 Å². The standard InChI is InChI=1S/C13H24N4O3S/c1-8(2)7-15-13-11(21(3,19)20)12(14)17(16-13)9-5-4-6-10(9)18/h8-10,18H,4-7,14H2,1-3H3,(H,15,16). The first kappa shape index (κ1) is 16.1. The van der Waals surface area contributed by atoms with Gasteiger partial charge in [0.25, 0.3) is 0 Å². The highest BCUT2D eigenvalue weighted by molar-refractivity contribution is 7.91. The van der Waals surface area contributed by atoms with Crippen LogP contribution < -0.4 is 11.1 Å². The van der Waals surface area contributed by atoms with Crippen molar-refractivity contribution in [1.82, 2.24) is 9.78 Å². The molecule has 1 fully saturated rings. The highest BCUT2D eigenvalue weighted by Gasteiger charge is 2.33. The van der Waals surface area contributed by atoms with Crippen molar-refractivity contribution in [1.29, 1.82) is 0 Å². The van der Waals surface area contributed by atoms with Crippen LogP contribution in [0.4, 0.5) is 11.6 Å². The van der Waals surface area contributed by atoms with Crippen LogP contribution in [-0.4, -0.2) is 42.2 Å². The van der Waals surface area contributed by atoms with E-state index in [1.807, 2.05) is 13.8 Å². The molecular weight excluding hydrogens is 292 g/mol. The molecule has 0 radical (unpaired) electrons. The van der Waals surface area contributed by atoms with E-state index < -0.39 is 15.9 Å². The topological polar surface area (TPSA) is 110 Å². The van der Waals surface area contributed by atoms with Crippen LogP contribution in [0.3, 0.4) is 0 Å². The molecule has 2 unspecified atom stereocenters. The number of rotatable bonds is 5. The van der Waals surface area contributed by atoms with E-state index in [-0.39, 0.29) is 22.6 Å². The number of aliphatic hydroxyl groups is 1. The zero-order valence-electron chi connectivity index (χ0n) is 12.7. The Labute approximate surface area is 125 Å². The summed E-state index contributed by atoms with van der Waals surface area (Å²) in [5.74, 6) is 0.735. The van der Waals surface area contributed by atoms with Crippen molar-refractivity contribution in [2.45, 2.75) is 50.2 Å². The van der Waals surface area contributed by atoms with Crippen molar-refractivity contribution in [3.63, 3.8) is 0 Å². The minimum atomic E-state index is -3.49. The largest absolute Gasteiger partial charge is 0.391 e. The number of aromatic nitrogens is 2. The van der Waals surface area contributed by atoms with Gasteiger partial charge in [-0.1, -0.05) is 13.8 Å². The van der Waals surface area contributed by atoms with Crippen LogP contribution in [0, 0.1) is 5.92 Å². The molecule has 0 saturated heterocycles. The summed E-state index contributed by atoms with van der Waals surface area (Å²) in [6.07, 6.45) is 2.91. The lowest BCUT2D eigenvalue weighted by molar-refractivity contribution is 0.131. The summed E-state index contributed by atoms with van der Waals surface area (Å²) in [5, 5.41) is 17.4. The molecule has 1 saturated carbocycles. The molecule has 2 atom stereocenters. The summed E-state index contributed by atoms with van der Waals surface area (Å²) in [5.41, 5.74) is 6.01. The Morgan fingerprint density at radius 2 is 2.14 bits per heavy atom. The van der Waals surface area contributed by atoms with Crippen LogP contribution in [0.2, 0.25) is 0 Å². The maximum Gasteiger partial charge on any atom is 0.182 e. The SMILES string of the molecule is CC(C)CNc1nn(C2CCCC2O)c(N)c1S(C)(=O)=O. The Morgan fingerprint density at radius 3 is 2.62 bits per heavy atom. The summed E-state index contributed by atoms with van der Waals surface area (Å²) >= 11 is 0. The van der Waals surface area contributed by atoms with Gasteiger partial charge in [0.1, 0.15) is 5.82 Å². The maximum atomic E-state index is 12.0. The number of anilines is 2. The highest BCUT2D eigenvalue weighted by Crippen LogP contribution is 2.36. The van der Waals surface area contributed by atoms with E-state index in [9.17, 15) is 13.5 Å². The molecule has 0 aromatic carbocycles. The van der Waals surface area contributed by atoms with Gasteiger partial charge >= 0.3 is 0 Å². The zero-order chi connectivity index (χ0) is 15.8. The summed E-state index contributed by atoms with van der Waals surface area (Å²) in [6, 6.07) is -0.250.